The zero-order valence-electron chi connectivity index (χ0n) is 18.0. The summed E-state index contributed by atoms with van der Waals surface area (Å²) in [6.45, 7) is 5.65. The first-order chi connectivity index (χ1) is 13.9. The first-order valence-electron chi connectivity index (χ1n) is 11.1. The smallest absolute Gasteiger partial charge is 0.302 e. The Morgan fingerprint density at radius 3 is 2.43 bits per heavy atom. The SMILES string of the molecule is CC(=O)OC1CCC2(C)[C@@H](CCC3C4CC[C@](O)(C(=O)CBr)C4(C)CC(=O)[C@@]32Br)C1. The predicted molar refractivity (Wildman–Crippen MR) is 120 cm³/mol. The van der Waals surface area contributed by atoms with E-state index >= 15 is 0 Å². The normalized spacial score (nSPS) is 50.3. The fourth-order valence-corrected chi connectivity index (χ4v) is 9.53. The van der Waals surface area contributed by atoms with Gasteiger partial charge >= 0.3 is 5.97 Å². The number of aliphatic hydroxyl groups is 1. The molecule has 4 fully saturated rings. The number of hydrogen-bond donors (Lipinski definition) is 1. The van der Waals surface area contributed by atoms with Crippen molar-refractivity contribution in [3.8, 4) is 0 Å². The molecule has 168 valence electrons. The second kappa shape index (κ2) is 7.38. The van der Waals surface area contributed by atoms with Gasteiger partial charge in [0.15, 0.2) is 11.6 Å². The average molecular weight is 548 g/mol. The lowest BCUT2D eigenvalue weighted by Crippen LogP contribution is -2.69. The molecule has 7 heteroatoms. The van der Waals surface area contributed by atoms with Gasteiger partial charge in [-0.3, -0.25) is 14.4 Å². The molecule has 5 nitrogen and oxygen atoms in total. The summed E-state index contributed by atoms with van der Waals surface area (Å²) in [5.74, 6) is 0.233. The number of ether oxygens (including phenoxy) is 1. The molecule has 0 spiro atoms. The van der Waals surface area contributed by atoms with Gasteiger partial charge in [0.05, 0.1) is 9.65 Å². The minimum absolute atomic E-state index is 0.0645. The Bertz CT molecular complexity index is 786. The van der Waals surface area contributed by atoms with E-state index in [2.05, 4.69) is 38.8 Å². The Morgan fingerprint density at radius 2 is 1.80 bits per heavy atom. The second-order valence-corrected chi connectivity index (χ2v) is 12.4. The topological polar surface area (TPSA) is 80.7 Å². The van der Waals surface area contributed by atoms with Crippen LogP contribution in [0.15, 0.2) is 0 Å². The van der Waals surface area contributed by atoms with Crippen molar-refractivity contribution in [2.45, 2.75) is 88.2 Å². The number of ketones is 2. The van der Waals surface area contributed by atoms with Crippen LogP contribution < -0.4 is 0 Å². The van der Waals surface area contributed by atoms with Gasteiger partial charge in [-0.25, -0.2) is 0 Å². The minimum atomic E-state index is -1.43. The van der Waals surface area contributed by atoms with Crippen LogP contribution >= 0.6 is 31.9 Å². The lowest BCUT2D eigenvalue weighted by atomic mass is 9.43. The number of rotatable bonds is 3. The van der Waals surface area contributed by atoms with Gasteiger partial charge in [-0.15, -0.1) is 0 Å². The van der Waals surface area contributed by atoms with E-state index in [0.717, 1.165) is 38.5 Å². The third-order valence-electron chi connectivity index (χ3n) is 9.52. The van der Waals surface area contributed by atoms with Gasteiger partial charge in [-0.1, -0.05) is 45.7 Å². The van der Waals surface area contributed by atoms with Crippen molar-refractivity contribution in [1.82, 2.24) is 0 Å². The zero-order chi connectivity index (χ0) is 22.1. The summed E-state index contributed by atoms with van der Waals surface area (Å²) in [5, 5.41) is 11.5. The fourth-order valence-electron chi connectivity index (χ4n) is 7.85. The highest BCUT2D eigenvalue weighted by Crippen LogP contribution is 2.71. The first-order valence-corrected chi connectivity index (χ1v) is 13.1. The highest BCUT2D eigenvalue weighted by atomic mass is 79.9. The quantitative estimate of drug-likeness (QED) is 0.419. The summed E-state index contributed by atoms with van der Waals surface area (Å²) in [4.78, 5) is 38.0. The van der Waals surface area contributed by atoms with Crippen LogP contribution in [0.5, 0.6) is 0 Å². The molecule has 8 atom stereocenters. The van der Waals surface area contributed by atoms with Crippen molar-refractivity contribution in [2.24, 2.45) is 28.6 Å². The number of esters is 1. The molecule has 4 rings (SSSR count). The van der Waals surface area contributed by atoms with E-state index in [4.69, 9.17) is 4.74 Å². The monoisotopic (exact) mass is 546 g/mol. The van der Waals surface area contributed by atoms with Gasteiger partial charge in [-0.2, -0.15) is 0 Å². The third kappa shape index (κ3) is 2.83. The number of Topliss-reactive ketones (excluding diaryl/α,β-unsaturated/α-hetero) is 2. The Morgan fingerprint density at radius 1 is 1.10 bits per heavy atom. The Hall–Kier alpha value is -0.270. The number of carbonyl (C=O) groups excluding carboxylic acids is 3. The van der Waals surface area contributed by atoms with E-state index in [1.165, 1.54) is 6.92 Å². The largest absolute Gasteiger partial charge is 0.463 e. The van der Waals surface area contributed by atoms with E-state index in [1.807, 2.05) is 6.92 Å². The van der Waals surface area contributed by atoms with Crippen LogP contribution in [0.3, 0.4) is 0 Å². The van der Waals surface area contributed by atoms with Gasteiger partial charge in [0.25, 0.3) is 0 Å². The standard InChI is InChI=1S/C23H32Br2O5/c1-13(26)30-15-6-8-20(2)14(10-15)4-5-17-16-7-9-22(29,19(28)12-24)21(16,3)11-18(27)23(17,20)25/h14-17,29H,4-12H2,1-3H3/t14-,15?,16?,17?,20?,21?,22-,23-/m0/s1. The minimum Gasteiger partial charge on any atom is -0.463 e. The highest BCUT2D eigenvalue weighted by Gasteiger charge is 2.73. The molecule has 30 heavy (non-hydrogen) atoms. The second-order valence-electron chi connectivity index (χ2n) is 10.6. The molecule has 0 saturated heterocycles. The molecule has 0 aromatic heterocycles. The van der Waals surface area contributed by atoms with E-state index in [1.54, 1.807) is 0 Å². The van der Waals surface area contributed by atoms with E-state index in [-0.39, 0.29) is 52.6 Å². The van der Waals surface area contributed by atoms with Gasteiger partial charge in [0.1, 0.15) is 11.7 Å². The number of carbonyl (C=O) groups is 3. The van der Waals surface area contributed by atoms with Crippen molar-refractivity contribution < 1.29 is 24.2 Å². The lowest BCUT2D eigenvalue weighted by Gasteiger charge is -2.64. The molecule has 0 heterocycles. The predicted octanol–water partition coefficient (Wildman–Crippen LogP) is 4.35. The highest BCUT2D eigenvalue weighted by molar-refractivity contribution is 9.10. The number of hydrogen-bond acceptors (Lipinski definition) is 5. The molecule has 4 aliphatic rings. The van der Waals surface area contributed by atoms with Crippen LogP contribution in [0, 0.1) is 28.6 Å². The molecule has 0 aromatic carbocycles. The maximum atomic E-state index is 13.8. The van der Waals surface area contributed by atoms with Crippen molar-refractivity contribution in [1.29, 1.82) is 0 Å². The molecule has 0 aromatic rings. The van der Waals surface area contributed by atoms with Crippen molar-refractivity contribution in [3.05, 3.63) is 0 Å². The molecular formula is C23H32Br2O5. The molecule has 4 saturated carbocycles. The molecule has 0 radical (unpaired) electrons. The zero-order valence-corrected chi connectivity index (χ0v) is 21.2. The molecule has 1 N–H and O–H groups in total. The van der Waals surface area contributed by atoms with Crippen LogP contribution in [0.2, 0.25) is 0 Å². The summed E-state index contributed by atoms with van der Waals surface area (Å²) in [7, 11) is 0. The van der Waals surface area contributed by atoms with Crippen LogP contribution in [0.25, 0.3) is 0 Å². The fraction of sp³-hybridized carbons (Fsp3) is 0.870. The summed E-state index contributed by atoms with van der Waals surface area (Å²) >= 11 is 7.26. The molecule has 4 aliphatic carbocycles. The number of alkyl halides is 2. The van der Waals surface area contributed by atoms with Crippen LogP contribution in [-0.4, -0.2) is 44.0 Å². The molecule has 0 aliphatic heterocycles. The summed E-state index contributed by atoms with van der Waals surface area (Å²) in [6, 6.07) is 0. The maximum absolute atomic E-state index is 13.8. The van der Waals surface area contributed by atoms with Crippen molar-refractivity contribution >= 4 is 49.4 Å². The van der Waals surface area contributed by atoms with E-state index in [9.17, 15) is 19.5 Å². The van der Waals surface area contributed by atoms with Crippen molar-refractivity contribution in [2.75, 3.05) is 5.33 Å². The molecule has 5 unspecified atom stereocenters. The van der Waals surface area contributed by atoms with Crippen LogP contribution in [0.1, 0.15) is 72.1 Å². The van der Waals surface area contributed by atoms with Crippen molar-refractivity contribution in [3.63, 3.8) is 0 Å². The van der Waals surface area contributed by atoms with E-state index < -0.39 is 15.3 Å². The third-order valence-corrected chi connectivity index (χ3v) is 12.0. The molecule has 0 amide bonds. The van der Waals surface area contributed by atoms with E-state index in [0.29, 0.717) is 12.3 Å². The van der Waals surface area contributed by atoms with Crippen LogP contribution in [0.4, 0.5) is 0 Å². The number of fused-ring (bicyclic) bond motifs is 5. The Balaban J connectivity index is 1.68. The van der Waals surface area contributed by atoms with Crippen LogP contribution in [-0.2, 0) is 19.1 Å². The Labute approximate surface area is 195 Å². The maximum Gasteiger partial charge on any atom is 0.302 e. The van der Waals surface area contributed by atoms with Gasteiger partial charge in [-0.05, 0) is 68.1 Å². The number of halogens is 2. The lowest BCUT2D eigenvalue weighted by molar-refractivity contribution is -0.174. The van der Waals surface area contributed by atoms with Gasteiger partial charge < -0.3 is 9.84 Å². The van der Waals surface area contributed by atoms with Gasteiger partial charge in [0, 0.05) is 18.8 Å². The molecule has 0 bridgehead atoms. The summed E-state index contributed by atoms with van der Waals surface area (Å²) in [6.07, 6.45) is 5.64. The van der Waals surface area contributed by atoms with Gasteiger partial charge in [0.2, 0.25) is 0 Å². The molecular weight excluding hydrogens is 516 g/mol. The summed E-state index contributed by atoms with van der Waals surface area (Å²) < 4.78 is 4.88. The Kier molecular flexibility index (Phi) is 5.63. The summed E-state index contributed by atoms with van der Waals surface area (Å²) in [5.41, 5.74) is -2.37. The first kappa shape index (κ1) is 22.9. The average Bonchev–Trinajstić information content (AvgIpc) is 2.94.